The van der Waals surface area contributed by atoms with Gasteiger partial charge in [-0.2, -0.15) is 0 Å². The number of thiophene rings is 1. The molecule has 0 aliphatic heterocycles. The number of hydrogen-bond acceptors (Lipinski definition) is 4. The van der Waals surface area contributed by atoms with Gasteiger partial charge in [-0.3, -0.25) is 0 Å². The molecule has 8 heteroatoms. The summed E-state index contributed by atoms with van der Waals surface area (Å²) in [6.45, 7) is 0.345. The summed E-state index contributed by atoms with van der Waals surface area (Å²) in [5.41, 5.74) is 0.0868. The summed E-state index contributed by atoms with van der Waals surface area (Å²) in [5, 5.41) is 25.5. The molecule has 4 N–H and O–H groups in total. The van der Waals surface area contributed by atoms with Crippen LogP contribution in [0.1, 0.15) is 15.2 Å². The predicted octanol–water partition coefficient (Wildman–Crippen LogP) is 3.24. The number of aromatic hydroxyl groups is 1. The zero-order valence-electron chi connectivity index (χ0n) is 10.6. The van der Waals surface area contributed by atoms with E-state index in [4.69, 9.17) is 5.11 Å². The second kappa shape index (κ2) is 6.59. The average Bonchev–Trinajstić information content (AvgIpc) is 2.84. The van der Waals surface area contributed by atoms with E-state index in [-0.39, 0.29) is 17.0 Å². The molecule has 2 amide bonds. The summed E-state index contributed by atoms with van der Waals surface area (Å²) >= 11 is 4.86. The Morgan fingerprint density at radius 2 is 2.05 bits per heavy atom. The number of carboxylic acid groups (broad SMARTS) is 1. The van der Waals surface area contributed by atoms with Crippen molar-refractivity contribution >= 4 is 45.0 Å². The van der Waals surface area contributed by atoms with Gasteiger partial charge in [0.15, 0.2) is 0 Å². The maximum Gasteiger partial charge on any atom is 0.335 e. The molecule has 0 atom stereocenters. The van der Waals surface area contributed by atoms with Gasteiger partial charge < -0.3 is 20.8 Å². The predicted molar refractivity (Wildman–Crippen MR) is 82.9 cm³/mol. The number of anilines is 1. The molecule has 0 saturated carbocycles. The van der Waals surface area contributed by atoms with Crippen LogP contribution in [0.2, 0.25) is 0 Å². The Morgan fingerprint density at radius 1 is 1.29 bits per heavy atom. The minimum atomic E-state index is -1.15. The normalized spacial score (nSPS) is 10.1. The molecule has 1 aromatic carbocycles. The monoisotopic (exact) mass is 370 g/mol. The molecular formula is C13H11BrN2O4S. The Bertz CT molecular complexity index is 687. The zero-order valence-corrected chi connectivity index (χ0v) is 13.0. The van der Waals surface area contributed by atoms with Crippen LogP contribution in [0.15, 0.2) is 34.1 Å². The SMILES string of the molecule is O=C(NCc1sccc1Br)Nc1ccc(C(=O)O)cc1O. The largest absolute Gasteiger partial charge is 0.506 e. The van der Waals surface area contributed by atoms with Crippen LogP contribution in [0.4, 0.5) is 10.5 Å². The molecule has 1 heterocycles. The number of carbonyl (C=O) groups is 2. The van der Waals surface area contributed by atoms with Crippen molar-refractivity contribution in [2.75, 3.05) is 5.32 Å². The Morgan fingerprint density at radius 3 is 2.62 bits per heavy atom. The lowest BCUT2D eigenvalue weighted by Crippen LogP contribution is -2.28. The number of carboxylic acids is 1. The topological polar surface area (TPSA) is 98.7 Å². The molecule has 0 bridgehead atoms. The fraction of sp³-hybridized carbons (Fsp3) is 0.0769. The van der Waals surface area contributed by atoms with E-state index in [9.17, 15) is 14.7 Å². The number of hydrogen-bond donors (Lipinski definition) is 4. The third kappa shape index (κ3) is 3.96. The quantitative estimate of drug-likeness (QED) is 0.620. The third-order valence-corrected chi connectivity index (χ3v) is 4.52. The minimum absolute atomic E-state index is 0.0547. The zero-order chi connectivity index (χ0) is 15.4. The van der Waals surface area contributed by atoms with Crippen LogP contribution in [-0.2, 0) is 6.54 Å². The lowest BCUT2D eigenvalue weighted by atomic mass is 10.2. The first-order valence-electron chi connectivity index (χ1n) is 5.80. The average molecular weight is 371 g/mol. The molecule has 0 aliphatic rings. The summed E-state index contributed by atoms with van der Waals surface area (Å²) < 4.78 is 0.918. The fourth-order valence-corrected chi connectivity index (χ4v) is 2.98. The standard InChI is InChI=1S/C13H11BrN2O4S/c14-8-3-4-21-11(8)6-15-13(20)16-9-2-1-7(12(18)19)5-10(9)17/h1-5,17H,6H2,(H,18,19)(H2,15,16,20). The summed E-state index contributed by atoms with van der Waals surface area (Å²) in [7, 11) is 0. The molecule has 0 saturated heterocycles. The van der Waals surface area contributed by atoms with Gasteiger partial charge in [0.25, 0.3) is 0 Å². The summed E-state index contributed by atoms with van der Waals surface area (Å²) in [4.78, 5) is 23.4. The Hall–Kier alpha value is -2.06. The van der Waals surface area contributed by atoms with E-state index in [0.29, 0.717) is 6.54 Å². The van der Waals surface area contributed by atoms with Crippen molar-refractivity contribution in [1.29, 1.82) is 0 Å². The van der Waals surface area contributed by atoms with Gasteiger partial charge in [0, 0.05) is 9.35 Å². The number of halogens is 1. The van der Waals surface area contributed by atoms with Crippen molar-refractivity contribution in [3.8, 4) is 5.75 Å². The van der Waals surface area contributed by atoms with E-state index >= 15 is 0 Å². The molecule has 1 aromatic heterocycles. The highest BCUT2D eigenvalue weighted by Crippen LogP contribution is 2.25. The number of amides is 2. The first-order chi connectivity index (χ1) is 9.97. The molecule has 110 valence electrons. The molecule has 0 spiro atoms. The highest BCUT2D eigenvalue weighted by molar-refractivity contribution is 9.10. The van der Waals surface area contributed by atoms with Gasteiger partial charge in [0.2, 0.25) is 0 Å². The lowest BCUT2D eigenvalue weighted by Gasteiger charge is -2.09. The van der Waals surface area contributed by atoms with Gasteiger partial charge in [-0.1, -0.05) is 0 Å². The van der Waals surface area contributed by atoms with Crippen molar-refractivity contribution in [3.05, 3.63) is 44.6 Å². The molecule has 0 radical (unpaired) electrons. The molecule has 2 aromatic rings. The van der Waals surface area contributed by atoms with Crippen LogP contribution < -0.4 is 10.6 Å². The molecule has 21 heavy (non-hydrogen) atoms. The number of benzene rings is 1. The van der Waals surface area contributed by atoms with E-state index in [2.05, 4.69) is 26.6 Å². The Kier molecular flexibility index (Phi) is 4.81. The number of phenols is 1. The van der Waals surface area contributed by atoms with E-state index in [1.54, 1.807) is 0 Å². The van der Waals surface area contributed by atoms with Crippen LogP contribution in [-0.4, -0.2) is 22.2 Å². The van der Waals surface area contributed by atoms with Crippen LogP contribution >= 0.6 is 27.3 Å². The van der Waals surface area contributed by atoms with Gasteiger partial charge in [-0.05, 0) is 45.6 Å². The number of rotatable bonds is 4. The van der Waals surface area contributed by atoms with Crippen molar-refractivity contribution in [2.24, 2.45) is 0 Å². The second-order valence-corrected chi connectivity index (χ2v) is 5.89. The fourth-order valence-electron chi connectivity index (χ4n) is 1.55. The van der Waals surface area contributed by atoms with Crippen LogP contribution in [0.25, 0.3) is 0 Å². The van der Waals surface area contributed by atoms with Crippen LogP contribution in [0, 0.1) is 0 Å². The molecule has 0 aliphatic carbocycles. The first kappa shape index (κ1) is 15.3. The van der Waals surface area contributed by atoms with E-state index < -0.39 is 12.0 Å². The van der Waals surface area contributed by atoms with E-state index in [1.165, 1.54) is 23.5 Å². The van der Waals surface area contributed by atoms with Crippen molar-refractivity contribution in [2.45, 2.75) is 6.54 Å². The van der Waals surface area contributed by atoms with E-state index in [0.717, 1.165) is 15.4 Å². The van der Waals surface area contributed by atoms with Gasteiger partial charge in [0.1, 0.15) is 5.75 Å². The number of nitrogens with one attached hydrogen (secondary N) is 2. The Balaban J connectivity index is 1.96. The van der Waals surface area contributed by atoms with Crippen LogP contribution in [0.5, 0.6) is 5.75 Å². The van der Waals surface area contributed by atoms with Crippen LogP contribution in [0.3, 0.4) is 0 Å². The summed E-state index contributed by atoms with van der Waals surface area (Å²) in [6, 6.07) is 5.10. The van der Waals surface area contributed by atoms with Crippen molar-refractivity contribution in [3.63, 3.8) is 0 Å². The second-order valence-electron chi connectivity index (χ2n) is 4.04. The van der Waals surface area contributed by atoms with Gasteiger partial charge in [-0.15, -0.1) is 11.3 Å². The Labute approximate surface area is 132 Å². The maximum absolute atomic E-state index is 11.7. The first-order valence-corrected chi connectivity index (χ1v) is 7.47. The lowest BCUT2D eigenvalue weighted by molar-refractivity contribution is 0.0696. The number of carbonyl (C=O) groups excluding carboxylic acids is 1. The van der Waals surface area contributed by atoms with Crippen molar-refractivity contribution in [1.82, 2.24) is 5.32 Å². The summed E-state index contributed by atoms with van der Waals surface area (Å²) in [6.07, 6.45) is 0. The van der Waals surface area contributed by atoms with Gasteiger partial charge in [0.05, 0.1) is 17.8 Å². The molecule has 6 nitrogen and oxygen atoms in total. The van der Waals surface area contributed by atoms with Crippen molar-refractivity contribution < 1.29 is 19.8 Å². The molecule has 0 fully saturated rings. The molecular weight excluding hydrogens is 360 g/mol. The van der Waals surface area contributed by atoms with Gasteiger partial charge in [-0.25, -0.2) is 9.59 Å². The van der Waals surface area contributed by atoms with Gasteiger partial charge >= 0.3 is 12.0 Å². The summed E-state index contributed by atoms with van der Waals surface area (Å²) in [5.74, 6) is -1.45. The smallest absolute Gasteiger partial charge is 0.335 e. The highest BCUT2D eigenvalue weighted by Gasteiger charge is 2.10. The minimum Gasteiger partial charge on any atom is -0.506 e. The molecule has 0 unspecified atom stereocenters. The number of urea groups is 1. The molecule has 2 rings (SSSR count). The third-order valence-electron chi connectivity index (χ3n) is 2.59. The highest BCUT2D eigenvalue weighted by atomic mass is 79.9. The number of aromatic carboxylic acids is 1. The van der Waals surface area contributed by atoms with E-state index in [1.807, 2.05) is 11.4 Å². The number of phenolic OH excluding ortho intramolecular Hbond substituents is 1. The maximum atomic E-state index is 11.7.